The average molecular weight is 274 g/mol. The maximum Gasteiger partial charge on any atom is 0.339 e. The third-order valence-corrected chi connectivity index (χ3v) is 3.85. The van der Waals surface area contributed by atoms with Gasteiger partial charge in [-0.25, -0.2) is 4.79 Å². The van der Waals surface area contributed by atoms with Gasteiger partial charge < -0.3 is 10.4 Å². The van der Waals surface area contributed by atoms with Crippen LogP contribution in [0.3, 0.4) is 0 Å². The van der Waals surface area contributed by atoms with Crippen molar-refractivity contribution in [3.05, 3.63) is 28.8 Å². The molecule has 0 heterocycles. The third-order valence-electron chi connectivity index (χ3n) is 2.50. The Labute approximate surface area is 111 Å². The number of rotatable bonds is 6. The van der Waals surface area contributed by atoms with Crippen LogP contribution in [0.5, 0.6) is 0 Å². The minimum absolute atomic E-state index is 0.144. The Kier molecular flexibility index (Phi) is 5.65. The Hall–Kier alpha value is -0.870. The summed E-state index contributed by atoms with van der Waals surface area (Å²) in [7, 11) is 0. The lowest BCUT2D eigenvalue weighted by molar-refractivity contribution is 0.0698. The molecular formula is C12H16ClNO2S. The number of aromatic carboxylic acids is 1. The highest BCUT2D eigenvalue weighted by Crippen LogP contribution is 2.24. The van der Waals surface area contributed by atoms with Crippen molar-refractivity contribution >= 4 is 35.0 Å². The number of nitrogens with one attached hydrogen (secondary N) is 1. The Morgan fingerprint density at radius 2 is 2.29 bits per heavy atom. The van der Waals surface area contributed by atoms with E-state index in [0.717, 1.165) is 13.0 Å². The fraction of sp³-hybridized carbons (Fsp3) is 0.417. The van der Waals surface area contributed by atoms with Gasteiger partial charge in [-0.15, -0.1) is 0 Å². The molecule has 1 aromatic rings. The number of carbonyl (C=O) groups is 1. The third kappa shape index (κ3) is 4.13. The molecular weight excluding hydrogens is 258 g/mol. The van der Waals surface area contributed by atoms with Crippen LogP contribution in [-0.2, 0) is 0 Å². The molecule has 0 saturated carbocycles. The van der Waals surface area contributed by atoms with E-state index in [1.54, 1.807) is 30.0 Å². The molecule has 0 aliphatic rings. The van der Waals surface area contributed by atoms with Gasteiger partial charge in [0.15, 0.2) is 0 Å². The molecule has 0 amide bonds. The minimum atomic E-state index is -1.00. The monoisotopic (exact) mass is 273 g/mol. The largest absolute Gasteiger partial charge is 0.478 e. The molecule has 1 rings (SSSR count). The van der Waals surface area contributed by atoms with Gasteiger partial charge in [-0.05, 0) is 24.8 Å². The van der Waals surface area contributed by atoms with Crippen molar-refractivity contribution in [1.82, 2.24) is 0 Å². The van der Waals surface area contributed by atoms with Crippen LogP contribution in [0, 0.1) is 0 Å². The molecule has 0 radical (unpaired) electrons. The van der Waals surface area contributed by atoms with Gasteiger partial charge in [0.2, 0.25) is 0 Å². The Morgan fingerprint density at radius 1 is 1.59 bits per heavy atom. The van der Waals surface area contributed by atoms with Gasteiger partial charge in [-0.1, -0.05) is 24.6 Å². The van der Waals surface area contributed by atoms with E-state index >= 15 is 0 Å². The molecule has 0 spiro atoms. The Bertz CT molecular complexity index is 398. The van der Waals surface area contributed by atoms with E-state index in [-0.39, 0.29) is 10.6 Å². The van der Waals surface area contributed by atoms with Gasteiger partial charge in [0.25, 0.3) is 0 Å². The number of carboxylic acids is 1. The first-order chi connectivity index (χ1) is 8.06. The first-order valence-corrected chi connectivity index (χ1v) is 7.01. The number of carboxylic acid groups (broad SMARTS) is 1. The number of benzene rings is 1. The van der Waals surface area contributed by atoms with Crippen LogP contribution in [0.15, 0.2) is 18.2 Å². The Morgan fingerprint density at radius 3 is 2.88 bits per heavy atom. The molecule has 2 N–H and O–H groups in total. The summed E-state index contributed by atoms with van der Waals surface area (Å²) in [5, 5.41) is 13.0. The SMILES string of the molecule is CSC(C)CCNc1cccc(Cl)c1C(=O)O. The first kappa shape index (κ1) is 14.2. The van der Waals surface area contributed by atoms with Crippen LogP contribution in [0.1, 0.15) is 23.7 Å². The van der Waals surface area contributed by atoms with E-state index in [2.05, 4.69) is 18.5 Å². The molecule has 0 aliphatic carbocycles. The summed E-state index contributed by atoms with van der Waals surface area (Å²) >= 11 is 7.66. The summed E-state index contributed by atoms with van der Waals surface area (Å²) in [5.41, 5.74) is 0.726. The van der Waals surface area contributed by atoms with Crippen LogP contribution in [0.2, 0.25) is 5.02 Å². The van der Waals surface area contributed by atoms with E-state index in [4.69, 9.17) is 16.7 Å². The maximum absolute atomic E-state index is 11.1. The van der Waals surface area contributed by atoms with Gasteiger partial charge in [-0.2, -0.15) is 11.8 Å². The summed E-state index contributed by atoms with van der Waals surface area (Å²) in [6, 6.07) is 5.06. The highest BCUT2D eigenvalue weighted by molar-refractivity contribution is 7.99. The topological polar surface area (TPSA) is 49.3 Å². The van der Waals surface area contributed by atoms with E-state index in [0.29, 0.717) is 10.9 Å². The second kappa shape index (κ2) is 6.77. The van der Waals surface area contributed by atoms with E-state index in [1.165, 1.54) is 0 Å². The molecule has 17 heavy (non-hydrogen) atoms. The first-order valence-electron chi connectivity index (χ1n) is 5.34. The molecule has 0 aromatic heterocycles. The van der Waals surface area contributed by atoms with Crippen molar-refractivity contribution in [3.8, 4) is 0 Å². The zero-order valence-electron chi connectivity index (χ0n) is 9.87. The lowest BCUT2D eigenvalue weighted by Gasteiger charge is -2.12. The molecule has 94 valence electrons. The minimum Gasteiger partial charge on any atom is -0.478 e. The van der Waals surface area contributed by atoms with Gasteiger partial charge in [0, 0.05) is 11.8 Å². The van der Waals surface area contributed by atoms with Crippen LogP contribution in [-0.4, -0.2) is 29.1 Å². The lowest BCUT2D eigenvalue weighted by Crippen LogP contribution is -2.11. The molecule has 0 saturated heterocycles. The van der Waals surface area contributed by atoms with Crippen LogP contribution in [0.4, 0.5) is 5.69 Å². The standard InChI is InChI=1S/C12H16ClNO2S/c1-8(17-2)6-7-14-10-5-3-4-9(13)11(10)12(15)16/h3-5,8,14H,6-7H2,1-2H3,(H,15,16). The van der Waals surface area contributed by atoms with Crippen LogP contribution in [0.25, 0.3) is 0 Å². The van der Waals surface area contributed by atoms with Crippen molar-refractivity contribution in [1.29, 1.82) is 0 Å². The summed E-state index contributed by atoms with van der Waals surface area (Å²) in [5.74, 6) is -1.00. The lowest BCUT2D eigenvalue weighted by atomic mass is 10.1. The van der Waals surface area contributed by atoms with E-state index in [1.807, 2.05) is 0 Å². The van der Waals surface area contributed by atoms with E-state index < -0.39 is 5.97 Å². The molecule has 1 atom stereocenters. The van der Waals surface area contributed by atoms with Crippen LogP contribution < -0.4 is 5.32 Å². The van der Waals surface area contributed by atoms with Crippen molar-refractivity contribution in [2.45, 2.75) is 18.6 Å². The zero-order chi connectivity index (χ0) is 12.8. The number of thioether (sulfide) groups is 1. The summed E-state index contributed by atoms with van der Waals surface area (Å²) in [6.07, 6.45) is 3.04. The fourth-order valence-corrected chi connectivity index (χ4v) is 2.03. The fourth-order valence-electron chi connectivity index (χ4n) is 1.42. The smallest absolute Gasteiger partial charge is 0.339 e. The molecule has 5 heteroatoms. The second-order valence-corrected chi connectivity index (χ2v) is 5.41. The van der Waals surface area contributed by atoms with Crippen molar-refractivity contribution < 1.29 is 9.90 Å². The molecule has 3 nitrogen and oxygen atoms in total. The average Bonchev–Trinajstić information content (AvgIpc) is 2.28. The Balaban J connectivity index is 2.71. The molecule has 0 aliphatic heterocycles. The highest BCUT2D eigenvalue weighted by Gasteiger charge is 2.13. The van der Waals surface area contributed by atoms with Crippen molar-refractivity contribution in [2.75, 3.05) is 18.1 Å². The zero-order valence-corrected chi connectivity index (χ0v) is 11.4. The number of hydrogen-bond acceptors (Lipinski definition) is 3. The molecule has 1 aromatic carbocycles. The maximum atomic E-state index is 11.1. The quantitative estimate of drug-likeness (QED) is 0.832. The van der Waals surface area contributed by atoms with Gasteiger partial charge >= 0.3 is 5.97 Å². The normalized spacial score (nSPS) is 12.2. The number of anilines is 1. The van der Waals surface area contributed by atoms with Gasteiger partial charge in [0.1, 0.15) is 5.56 Å². The summed E-state index contributed by atoms with van der Waals surface area (Å²) in [6.45, 7) is 2.88. The highest BCUT2D eigenvalue weighted by atomic mass is 35.5. The molecule has 0 bridgehead atoms. The van der Waals surface area contributed by atoms with E-state index in [9.17, 15) is 4.79 Å². The summed E-state index contributed by atoms with van der Waals surface area (Å²) < 4.78 is 0. The molecule has 0 fully saturated rings. The molecule has 1 unspecified atom stereocenters. The van der Waals surface area contributed by atoms with Gasteiger partial charge in [-0.3, -0.25) is 0 Å². The second-order valence-electron chi connectivity index (χ2n) is 3.73. The predicted octanol–water partition coefficient (Wildman–Crippen LogP) is 3.59. The number of hydrogen-bond donors (Lipinski definition) is 2. The van der Waals surface area contributed by atoms with Crippen molar-refractivity contribution in [2.24, 2.45) is 0 Å². The van der Waals surface area contributed by atoms with Crippen molar-refractivity contribution in [3.63, 3.8) is 0 Å². The van der Waals surface area contributed by atoms with Gasteiger partial charge in [0.05, 0.1) is 10.7 Å². The predicted molar refractivity (Wildman–Crippen MR) is 74.5 cm³/mol. The number of halogens is 1. The summed E-state index contributed by atoms with van der Waals surface area (Å²) in [4.78, 5) is 11.1. The van der Waals surface area contributed by atoms with Crippen LogP contribution >= 0.6 is 23.4 Å².